The smallest absolute Gasteiger partial charge is 0.308 e. The maximum absolute atomic E-state index is 13.0. The van der Waals surface area contributed by atoms with Gasteiger partial charge < -0.3 is 34.4 Å². The van der Waals surface area contributed by atoms with E-state index in [1.807, 2.05) is 59.7 Å². The summed E-state index contributed by atoms with van der Waals surface area (Å²) in [6.07, 6.45) is 2.20. The summed E-state index contributed by atoms with van der Waals surface area (Å²) < 4.78 is 18.1. The van der Waals surface area contributed by atoms with E-state index in [1.54, 1.807) is 19.1 Å². The summed E-state index contributed by atoms with van der Waals surface area (Å²) in [7, 11) is 3.80. The van der Waals surface area contributed by atoms with Crippen LogP contribution in [-0.4, -0.2) is 95.5 Å². The van der Waals surface area contributed by atoms with Gasteiger partial charge in [0.05, 0.1) is 31.3 Å². The minimum Gasteiger partial charge on any atom is -0.462 e. The van der Waals surface area contributed by atoms with Crippen LogP contribution in [0.3, 0.4) is 0 Å². The fourth-order valence-corrected chi connectivity index (χ4v) is 5.71. The van der Waals surface area contributed by atoms with Gasteiger partial charge in [-0.2, -0.15) is 0 Å². The number of rotatable bonds is 5. The average molecular weight is 554 g/mol. The number of allylic oxidation sites excluding steroid dienone is 3. The van der Waals surface area contributed by atoms with Gasteiger partial charge in [-0.15, -0.1) is 0 Å². The molecule has 1 fully saturated rings. The number of cyclic esters (lactones) is 1. The van der Waals surface area contributed by atoms with E-state index in [-0.39, 0.29) is 42.8 Å². The van der Waals surface area contributed by atoms with Crippen molar-refractivity contribution in [3.8, 4) is 0 Å². The predicted molar refractivity (Wildman–Crippen MR) is 149 cm³/mol. The Morgan fingerprint density at radius 2 is 1.74 bits per heavy atom. The highest BCUT2D eigenvalue weighted by molar-refractivity contribution is 5.91. The molecule has 0 aromatic heterocycles. The van der Waals surface area contributed by atoms with Crippen molar-refractivity contribution in [1.82, 2.24) is 4.90 Å². The molecule has 0 aromatic carbocycles. The van der Waals surface area contributed by atoms with E-state index in [2.05, 4.69) is 0 Å². The second-order valence-corrected chi connectivity index (χ2v) is 11.8. The van der Waals surface area contributed by atoms with Crippen molar-refractivity contribution >= 4 is 11.8 Å². The van der Waals surface area contributed by atoms with Crippen molar-refractivity contribution in [2.75, 3.05) is 20.7 Å². The molecular formula is C30H51NO8. The summed E-state index contributed by atoms with van der Waals surface area (Å²) in [4.78, 5) is 27.8. The van der Waals surface area contributed by atoms with Crippen molar-refractivity contribution in [3.63, 3.8) is 0 Å². The number of aliphatic hydroxyl groups is 3. The molecule has 3 N–H and O–H groups in total. The van der Waals surface area contributed by atoms with E-state index in [0.717, 1.165) is 5.57 Å². The number of hydrogen-bond donors (Lipinski definition) is 3. The van der Waals surface area contributed by atoms with Crippen LogP contribution in [0.4, 0.5) is 0 Å². The molecule has 0 saturated carbocycles. The van der Waals surface area contributed by atoms with Gasteiger partial charge >= 0.3 is 5.97 Å². The standard InChI is InChI=1S/C30H51NO8/c1-9-26-22(16-32)12-17(2)10-11-24(33)18(3)13-19(4)29(21(6)25(34)15-27(35)38-26)39-30-28(36)23(31(7)8)14-20(5)37-30/h10-12,18-23,25-26,28-30,32,34,36H,9,13-16H2,1-8H3/b11-10-,17-12-. The number of aliphatic hydroxyl groups excluding tert-OH is 3. The number of carbonyl (C=O) groups is 2. The topological polar surface area (TPSA) is 126 Å². The highest BCUT2D eigenvalue weighted by Crippen LogP contribution is 2.32. The van der Waals surface area contributed by atoms with E-state index in [9.17, 15) is 24.9 Å². The van der Waals surface area contributed by atoms with Crippen molar-refractivity contribution in [2.45, 2.75) is 110 Å². The molecule has 0 aromatic rings. The van der Waals surface area contributed by atoms with Gasteiger partial charge in [-0.3, -0.25) is 9.59 Å². The molecule has 2 aliphatic rings. The molecule has 2 aliphatic heterocycles. The maximum Gasteiger partial charge on any atom is 0.308 e. The van der Waals surface area contributed by atoms with E-state index in [1.165, 1.54) is 0 Å². The Balaban J connectivity index is 2.40. The third-order valence-electron chi connectivity index (χ3n) is 8.20. The highest BCUT2D eigenvalue weighted by atomic mass is 16.7. The molecule has 0 bridgehead atoms. The summed E-state index contributed by atoms with van der Waals surface area (Å²) in [6, 6.07) is -0.164. The van der Waals surface area contributed by atoms with Crippen LogP contribution in [0.5, 0.6) is 0 Å². The molecule has 0 amide bonds. The third kappa shape index (κ3) is 9.47. The Labute approximate surface area is 234 Å². The number of ketones is 1. The lowest BCUT2D eigenvalue weighted by atomic mass is 9.82. The van der Waals surface area contributed by atoms with Crippen LogP contribution in [0, 0.1) is 23.7 Å². The third-order valence-corrected chi connectivity index (χ3v) is 8.20. The molecule has 9 nitrogen and oxygen atoms in total. The lowest BCUT2D eigenvalue weighted by molar-refractivity contribution is -0.282. The lowest BCUT2D eigenvalue weighted by Gasteiger charge is -2.44. The number of nitrogens with zero attached hydrogens (tertiary/aromatic N) is 1. The Kier molecular flexibility index (Phi) is 13.3. The molecule has 11 atom stereocenters. The molecule has 11 unspecified atom stereocenters. The van der Waals surface area contributed by atoms with Crippen LogP contribution in [0.15, 0.2) is 23.8 Å². The number of likely N-dealkylation sites (N-methyl/N-ethyl adjacent to an activating group) is 1. The Bertz CT molecular complexity index is 858. The summed E-state index contributed by atoms with van der Waals surface area (Å²) in [5, 5.41) is 32.2. The Morgan fingerprint density at radius 3 is 2.33 bits per heavy atom. The Morgan fingerprint density at radius 1 is 1.08 bits per heavy atom. The average Bonchev–Trinajstić information content (AvgIpc) is 2.87. The fraction of sp³-hybridized carbons (Fsp3) is 0.800. The minimum atomic E-state index is -1.09. The summed E-state index contributed by atoms with van der Waals surface area (Å²) in [5.41, 5.74) is 0.784. The van der Waals surface area contributed by atoms with E-state index in [0.29, 0.717) is 19.3 Å². The largest absolute Gasteiger partial charge is 0.462 e. The van der Waals surface area contributed by atoms with Gasteiger partial charge in [0.2, 0.25) is 0 Å². The van der Waals surface area contributed by atoms with Gasteiger partial charge in [-0.1, -0.05) is 45.4 Å². The zero-order valence-corrected chi connectivity index (χ0v) is 24.9. The normalized spacial score (nSPS) is 42.1. The molecular weight excluding hydrogens is 502 g/mol. The van der Waals surface area contributed by atoms with Crippen LogP contribution in [0.1, 0.15) is 67.2 Å². The van der Waals surface area contributed by atoms with E-state index in [4.69, 9.17) is 14.2 Å². The number of ether oxygens (including phenoxy) is 3. The number of esters is 1. The quantitative estimate of drug-likeness (QED) is 0.441. The zero-order valence-electron chi connectivity index (χ0n) is 24.9. The Hall–Kier alpha value is -1.62. The molecule has 9 heteroatoms. The second-order valence-electron chi connectivity index (χ2n) is 11.8. The summed E-state index contributed by atoms with van der Waals surface area (Å²) in [5.74, 6) is -2.08. The van der Waals surface area contributed by atoms with Gasteiger partial charge in [0.15, 0.2) is 12.1 Å². The molecule has 224 valence electrons. The van der Waals surface area contributed by atoms with Gasteiger partial charge in [-0.25, -0.2) is 0 Å². The first-order valence-electron chi connectivity index (χ1n) is 14.3. The first kappa shape index (κ1) is 33.6. The molecule has 39 heavy (non-hydrogen) atoms. The molecule has 0 radical (unpaired) electrons. The van der Waals surface area contributed by atoms with Gasteiger partial charge in [0.25, 0.3) is 0 Å². The van der Waals surface area contributed by atoms with Gasteiger partial charge in [0.1, 0.15) is 12.2 Å². The van der Waals surface area contributed by atoms with Crippen molar-refractivity contribution < 1.29 is 39.1 Å². The van der Waals surface area contributed by atoms with Gasteiger partial charge in [-0.05, 0) is 59.2 Å². The minimum absolute atomic E-state index is 0.0390. The second kappa shape index (κ2) is 15.4. The van der Waals surface area contributed by atoms with Crippen LogP contribution in [-0.2, 0) is 23.8 Å². The van der Waals surface area contributed by atoms with Crippen molar-refractivity contribution in [2.24, 2.45) is 23.7 Å². The van der Waals surface area contributed by atoms with Crippen molar-refractivity contribution in [3.05, 3.63) is 23.8 Å². The van der Waals surface area contributed by atoms with Crippen LogP contribution >= 0.6 is 0 Å². The van der Waals surface area contributed by atoms with Crippen LogP contribution in [0.2, 0.25) is 0 Å². The van der Waals surface area contributed by atoms with Crippen molar-refractivity contribution in [1.29, 1.82) is 0 Å². The molecule has 2 heterocycles. The SMILES string of the molecule is CCC1OC(=O)CC(O)C(C)C(OC2OC(C)CC(N(C)C)C2O)C(C)CC(C)C(=O)/C=C\C(C)=C/C1CO. The molecule has 0 spiro atoms. The predicted octanol–water partition coefficient (Wildman–Crippen LogP) is 2.86. The molecule has 2 rings (SSSR count). The highest BCUT2D eigenvalue weighted by Gasteiger charge is 2.42. The monoisotopic (exact) mass is 553 g/mol. The number of carbonyl (C=O) groups excluding carboxylic acids is 2. The first-order chi connectivity index (χ1) is 18.3. The summed E-state index contributed by atoms with van der Waals surface area (Å²) >= 11 is 0. The lowest BCUT2D eigenvalue weighted by Crippen LogP contribution is -2.56. The molecule has 0 aliphatic carbocycles. The fourth-order valence-electron chi connectivity index (χ4n) is 5.71. The van der Waals surface area contributed by atoms with Crippen LogP contribution < -0.4 is 0 Å². The maximum atomic E-state index is 13.0. The number of hydrogen-bond acceptors (Lipinski definition) is 9. The zero-order chi connectivity index (χ0) is 29.4. The van der Waals surface area contributed by atoms with Crippen LogP contribution in [0.25, 0.3) is 0 Å². The molecule has 1 saturated heterocycles. The van der Waals surface area contributed by atoms with E-state index < -0.39 is 48.5 Å². The first-order valence-corrected chi connectivity index (χ1v) is 14.3. The summed E-state index contributed by atoms with van der Waals surface area (Å²) in [6.45, 7) is 11.0. The van der Waals surface area contributed by atoms with E-state index >= 15 is 0 Å². The van der Waals surface area contributed by atoms with Gasteiger partial charge in [0, 0.05) is 23.8 Å².